The molecule has 106 valence electrons. The Hall–Kier alpha value is -1.22. The topological polar surface area (TPSA) is 38.5 Å². The highest BCUT2D eigenvalue weighted by Crippen LogP contribution is 2.36. The van der Waals surface area contributed by atoms with Gasteiger partial charge in [0.05, 0.1) is 7.11 Å². The number of methoxy groups -OCH3 is 1. The lowest BCUT2D eigenvalue weighted by Gasteiger charge is -2.25. The predicted octanol–water partition coefficient (Wildman–Crippen LogP) is 3.34. The number of rotatable bonds is 5. The monoisotopic (exact) mass is 262 g/mol. The molecule has 2 N–H and O–H groups in total. The highest BCUT2D eigenvalue weighted by Gasteiger charge is 2.25. The van der Waals surface area contributed by atoms with Gasteiger partial charge in [-0.25, -0.2) is 0 Å². The smallest absolute Gasteiger partial charge is 0.125 e. The molecule has 0 aromatic heterocycles. The van der Waals surface area contributed by atoms with Gasteiger partial charge in [-0.1, -0.05) is 19.4 Å². The van der Waals surface area contributed by atoms with Crippen molar-refractivity contribution in [1.29, 1.82) is 0 Å². The zero-order valence-corrected chi connectivity index (χ0v) is 12.4. The number of benzene rings is 1. The van der Waals surface area contributed by atoms with Crippen molar-refractivity contribution in [3.8, 4) is 5.75 Å². The molecular formula is C16H26N2O. The van der Waals surface area contributed by atoms with E-state index >= 15 is 0 Å². The van der Waals surface area contributed by atoms with E-state index in [1.165, 1.54) is 24.9 Å². The first-order valence-electron chi connectivity index (χ1n) is 7.34. The van der Waals surface area contributed by atoms with Crippen molar-refractivity contribution in [2.75, 3.05) is 25.1 Å². The number of ether oxygens (including phenoxy) is 1. The molecule has 3 heteroatoms. The summed E-state index contributed by atoms with van der Waals surface area (Å²) in [5.41, 5.74) is 8.54. The Bertz CT molecular complexity index is 417. The molecule has 0 spiro atoms. The van der Waals surface area contributed by atoms with Gasteiger partial charge in [0, 0.05) is 30.4 Å². The molecule has 1 unspecified atom stereocenters. The number of hydrogen-bond acceptors (Lipinski definition) is 3. The van der Waals surface area contributed by atoms with Crippen molar-refractivity contribution in [3.05, 3.63) is 23.8 Å². The predicted molar refractivity (Wildman–Crippen MR) is 80.8 cm³/mol. The van der Waals surface area contributed by atoms with E-state index in [9.17, 15) is 0 Å². The molecule has 0 aliphatic carbocycles. The van der Waals surface area contributed by atoms with Crippen LogP contribution < -0.4 is 15.4 Å². The fourth-order valence-electron chi connectivity index (χ4n) is 3.14. The molecule has 1 saturated heterocycles. The molecule has 3 nitrogen and oxygen atoms in total. The van der Waals surface area contributed by atoms with Crippen molar-refractivity contribution in [2.45, 2.75) is 39.2 Å². The molecule has 0 bridgehead atoms. The van der Waals surface area contributed by atoms with E-state index in [4.69, 9.17) is 10.5 Å². The highest BCUT2D eigenvalue weighted by molar-refractivity contribution is 5.61. The van der Waals surface area contributed by atoms with Crippen LogP contribution >= 0.6 is 0 Å². The lowest BCUT2D eigenvalue weighted by Crippen LogP contribution is -2.23. The lowest BCUT2D eigenvalue weighted by molar-refractivity contribution is 0.407. The van der Waals surface area contributed by atoms with E-state index in [1.807, 2.05) is 13.0 Å². The molecule has 2 rings (SSSR count). The van der Waals surface area contributed by atoms with Crippen LogP contribution in [0.4, 0.5) is 5.69 Å². The van der Waals surface area contributed by atoms with E-state index in [1.54, 1.807) is 7.11 Å². The Morgan fingerprint density at radius 1 is 1.47 bits per heavy atom. The Morgan fingerprint density at radius 3 is 2.89 bits per heavy atom. The fraction of sp³-hybridized carbons (Fsp3) is 0.625. The van der Waals surface area contributed by atoms with Crippen LogP contribution in [0.25, 0.3) is 0 Å². The molecule has 0 saturated carbocycles. The van der Waals surface area contributed by atoms with Gasteiger partial charge in [0.25, 0.3) is 0 Å². The molecular weight excluding hydrogens is 236 g/mol. The van der Waals surface area contributed by atoms with Crippen LogP contribution in [0.1, 0.15) is 44.7 Å². The van der Waals surface area contributed by atoms with Gasteiger partial charge >= 0.3 is 0 Å². The van der Waals surface area contributed by atoms with E-state index in [0.29, 0.717) is 0 Å². The van der Waals surface area contributed by atoms with Gasteiger partial charge in [0.15, 0.2) is 0 Å². The SMILES string of the molecule is CCCC1CCN(c2cccc(OC)c2[C@@H](C)N)C1. The minimum absolute atomic E-state index is 0.00336. The van der Waals surface area contributed by atoms with E-state index in [2.05, 4.69) is 24.0 Å². The first kappa shape index (κ1) is 14.2. The molecule has 0 amide bonds. The van der Waals surface area contributed by atoms with Gasteiger partial charge < -0.3 is 15.4 Å². The molecule has 1 heterocycles. The van der Waals surface area contributed by atoms with Gasteiger partial charge in [-0.15, -0.1) is 0 Å². The average Bonchev–Trinajstić information content (AvgIpc) is 2.86. The second-order valence-electron chi connectivity index (χ2n) is 5.57. The van der Waals surface area contributed by atoms with Crippen LogP contribution in [-0.2, 0) is 0 Å². The highest BCUT2D eigenvalue weighted by atomic mass is 16.5. The quantitative estimate of drug-likeness (QED) is 0.884. The Labute approximate surface area is 116 Å². The summed E-state index contributed by atoms with van der Waals surface area (Å²) in [4.78, 5) is 2.47. The van der Waals surface area contributed by atoms with Crippen LogP contribution in [0.3, 0.4) is 0 Å². The van der Waals surface area contributed by atoms with E-state index in [0.717, 1.165) is 30.3 Å². The third kappa shape index (κ3) is 3.03. The van der Waals surface area contributed by atoms with Gasteiger partial charge in [0.2, 0.25) is 0 Å². The summed E-state index contributed by atoms with van der Waals surface area (Å²) in [6, 6.07) is 6.24. The summed E-state index contributed by atoms with van der Waals surface area (Å²) < 4.78 is 5.47. The number of nitrogens with two attached hydrogens (primary N) is 1. The van der Waals surface area contributed by atoms with Gasteiger partial charge in [0.1, 0.15) is 5.75 Å². The van der Waals surface area contributed by atoms with Crippen LogP contribution in [-0.4, -0.2) is 20.2 Å². The minimum atomic E-state index is -0.00336. The largest absolute Gasteiger partial charge is 0.496 e. The molecule has 19 heavy (non-hydrogen) atoms. The lowest BCUT2D eigenvalue weighted by atomic mass is 10.0. The molecule has 0 radical (unpaired) electrons. The summed E-state index contributed by atoms with van der Waals surface area (Å²) >= 11 is 0. The summed E-state index contributed by atoms with van der Waals surface area (Å²) in [5, 5.41) is 0. The minimum Gasteiger partial charge on any atom is -0.496 e. The number of nitrogens with zero attached hydrogens (tertiary/aromatic N) is 1. The van der Waals surface area contributed by atoms with Gasteiger partial charge in [-0.05, 0) is 37.8 Å². The van der Waals surface area contributed by atoms with Crippen molar-refractivity contribution in [2.24, 2.45) is 11.7 Å². The Kier molecular flexibility index (Phi) is 4.70. The summed E-state index contributed by atoms with van der Waals surface area (Å²) in [5.74, 6) is 1.74. The second-order valence-corrected chi connectivity index (χ2v) is 5.57. The number of anilines is 1. The molecule has 1 aliphatic heterocycles. The zero-order chi connectivity index (χ0) is 13.8. The number of hydrogen-bond donors (Lipinski definition) is 1. The van der Waals surface area contributed by atoms with Crippen LogP contribution in [0.2, 0.25) is 0 Å². The standard InChI is InChI=1S/C16H26N2O/c1-4-6-13-9-10-18(11-13)14-7-5-8-15(19-3)16(14)12(2)17/h5,7-8,12-13H,4,6,9-11,17H2,1-3H3/t12-,13?/m1/s1. The Morgan fingerprint density at radius 2 is 2.26 bits per heavy atom. The molecule has 1 aliphatic rings. The van der Waals surface area contributed by atoms with Crippen molar-refractivity contribution in [3.63, 3.8) is 0 Å². The summed E-state index contributed by atoms with van der Waals surface area (Å²) in [7, 11) is 1.72. The van der Waals surface area contributed by atoms with Gasteiger partial charge in [-0.3, -0.25) is 0 Å². The van der Waals surface area contributed by atoms with Gasteiger partial charge in [-0.2, -0.15) is 0 Å². The van der Waals surface area contributed by atoms with Crippen molar-refractivity contribution in [1.82, 2.24) is 0 Å². The Balaban J connectivity index is 2.25. The van der Waals surface area contributed by atoms with Crippen LogP contribution in [0.15, 0.2) is 18.2 Å². The third-order valence-electron chi connectivity index (χ3n) is 4.04. The molecule has 1 aromatic carbocycles. The normalized spacial score (nSPS) is 20.6. The first-order valence-corrected chi connectivity index (χ1v) is 7.34. The second kappa shape index (κ2) is 6.29. The molecule has 1 aromatic rings. The fourth-order valence-corrected chi connectivity index (χ4v) is 3.14. The summed E-state index contributed by atoms with van der Waals surface area (Å²) in [6.45, 7) is 6.58. The van der Waals surface area contributed by atoms with Crippen molar-refractivity contribution < 1.29 is 4.74 Å². The molecule has 1 fully saturated rings. The maximum Gasteiger partial charge on any atom is 0.125 e. The summed E-state index contributed by atoms with van der Waals surface area (Å²) in [6.07, 6.45) is 3.90. The van der Waals surface area contributed by atoms with Crippen LogP contribution in [0.5, 0.6) is 5.75 Å². The van der Waals surface area contributed by atoms with Crippen LogP contribution in [0, 0.1) is 5.92 Å². The molecule has 2 atom stereocenters. The average molecular weight is 262 g/mol. The maximum atomic E-state index is 6.15. The van der Waals surface area contributed by atoms with E-state index in [-0.39, 0.29) is 6.04 Å². The van der Waals surface area contributed by atoms with E-state index < -0.39 is 0 Å². The van der Waals surface area contributed by atoms with Crippen molar-refractivity contribution >= 4 is 5.69 Å². The zero-order valence-electron chi connectivity index (χ0n) is 12.4. The maximum absolute atomic E-state index is 6.15. The first-order chi connectivity index (χ1) is 9.17. The third-order valence-corrected chi connectivity index (χ3v) is 4.04.